The summed E-state index contributed by atoms with van der Waals surface area (Å²) in [5.74, 6) is 2.29. The van der Waals surface area contributed by atoms with Crippen molar-refractivity contribution in [2.24, 2.45) is 21.8 Å². The lowest BCUT2D eigenvalue weighted by molar-refractivity contribution is 0.149. The summed E-state index contributed by atoms with van der Waals surface area (Å²) in [5.41, 5.74) is 14.7. The van der Waals surface area contributed by atoms with Gasteiger partial charge in [0.1, 0.15) is 11.9 Å². The molecule has 0 saturated carbocycles. The summed E-state index contributed by atoms with van der Waals surface area (Å²) in [6.07, 6.45) is 19.1. The molecule has 276 valence electrons. The Labute approximate surface area is 329 Å². The average molecular weight is 731 g/mol. The van der Waals surface area contributed by atoms with Gasteiger partial charge in [-0.3, -0.25) is 20.0 Å². The Balaban J connectivity index is 1.07. The summed E-state index contributed by atoms with van der Waals surface area (Å²) in [6, 6.07) is 26.9. The van der Waals surface area contributed by atoms with Crippen LogP contribution in [0.15, 0.2) is 107 Å². The molecule has 4 aromatic carbocycles. The van der Waals surface area contributed by atoms with E-state index in [2.05, 4.69) is 138 Å². The molecular formula is C51H46N4O. The van der Waals surface area contributed by atoms with Crippen molar-refractivity contribution in [3.05, 3.63) is 131 Å². The minimum atomic E-state index is -0.267. The number of aliphatic imine (C=N–C) groups is 2. The van der Waals surface area contributed by atoms with Crippen LogP contribution >= 0.6 is 0 Å². The number of hydrogen-bond donors (Lipinski definition) is 0. The standard InChI is InChI=1S/C51H46N4O/c1-29-14-16-36-41(27-29)55-45(37-18-21-40-49(44(36)37)56-42-13-6-9-31(3)51(40,42)5)34-11-7-10-33(28-34)35-17-20-38(43-30(2)22-25-53-47(35)43)50(4)23-26-54-48-39(50)19-15-32-12-8-24-52-46(32)48/h6-8,10-21,24-26,28-31,42H,9,22-23,27H2,1-5H3. The summed E-state index contributed by atoms with van der Waals surface area (Å²) in [4.78, 5) is 20.4. The van der Waals surface area contributed by atoms with Crippen LogP contribution in [0, 0.1) is 11.8 Å². The van der Waals surface area contributed by atoms with Crippen molar-refractivity contribution in [2.75, 3.05) is 0 Å². The van der Waals surface area contributed by atoms with Gasteiger partial charge in [-0.25, -0.2) is 0 Å². The second-order valence-corrected chi connectivity index (χ2v) is 17.4. The summed E-state index contributed by atoms with van der Waals surface area (Å²) in [6.45, 7) is 11.8. The van der Waals surface area contributed by atoms with Crippen LogP contribution in [-0.4, -0.2) is 28.5 Å². The number of allylic oxidation sites excluding steroid dienone is 2. The maximum atomic E-state index is 6.98. The van der Waals surface area contributed by atoms with Crippen LogP contribution in [-0.2, 0) is 17.3 Å². The molecule has 5 heterocycles. The highest BCUT2D eigenvalue weighted by Gasteiger charge is 2.50. The second kappa shape index (κ2) is 12.2. The summed E-state index contributed by atoms with van der Waals surface area (Å²) in [5, 5.41) is 3.47. The van der Waals surface area contributed by atoms with Gasteiger partial charge in [0.15, 0.2) is 0 Å². The van der Waals surface area contributed by atoms with Crippen molar-refractivity contribution < 1.29 is 4.74 Å². The van der Waals surface area contributed by atoms with Crippen LogP contribution in [0.3, 0.4) is 0 Å². The van der Waals surface area contributed by atoms with Gasteiger partial charge < -0.3 is 4.74 Å². The quantitative estimate of drug-likeness (QED) is 0.170. The number of hydrogen-bond acceptors (Lipinski definition) is 5. The predicted octanol–water partition coefficient (Wildman–Crippen LogP) is 12.6. The first kappa shape index (κ1) is 33.6. The normalized spacial score (nSPS) is 26.7. The van der Waals surface area contributed by atoms with Crippen LogP contribution < -0.4 is 4.74 Å². The molecule has 6 unspecified atom stereocenters. The van der Waals surface area contributed by atoms with Crippen molar-refractivity contribution >= 4 is 51.6 Å². The zero-order valence-electron chi connectivity index (χ0n) is 32.8. The van der Waals surface area contributed by atoms with E-state index in [1.807, 2.05) is 12.3 Å². The molecule has 0 spiro atoms. The van der Waals surface area contributed by atoms with Gasteiger partial charge >= 0.3 is 0 Å². The number of ether oxygens (including phenoxy) is 1. The molecular weight excluding hydrogens is 685 g/mol. The highest BCUT2D eigenvalue weighted by molar-refractivity contribution is 6.05. The number of pyridine rings is 2. The molecule has 6 atom stereocenters. The fourth-order valence-electron chi connectivity index (χ4n) is 10.6. The Morgan fingerprint density at radius 1 is 0.786 bits per heavy atom. The molecule has 5 nitrogen and oxygen atoms in total. The first-order valence-electron chi connectivity index (χ1n) is 20.5. The molecule has 5 aliphatic rings. The Bertz CT molecular complexity index is 2790. The van der Waals surface area contributed by atoms with Gasteiger partial charge in [-0.15, -0.1) is 0 Å². The minimum absolute atomic E-state index is 0.0404. The molecule has 0 saturated heterocycles. The zero-order valence-corrected chi connectivity index (χ0v) is 32.8. The fraction of sp³-hybridized carbons (Fsp3) is 0.294. The van der Waals surface area contributed by atoms with E-state index >= 15 is 0 Å². The van der Waals surface area contributed by atoms with Crippen LogP contribution in [0.4, 0.5) is 11.4 Å². The molecule has 2 aromatic heterocycles. The molecule has 0 amide bonds. The van der Waals surface area contributed by atoms with Gasteiger partial charge in [0.25, 0.3) is 0 Å². The maximum absolute atomic E-state index is 6.98. The highest BCUT2D eigenvalue weighted by Crippen LogP contribution is 2.56. The third kappa shape index (κ3) is 4.66. The lowest BCUT2D eigenvalue weighted by Gasteiger charge is -2.37. The van der Waals surface area contributed by atoms with Crippen LogP contribution in [0.2, 0.25) is 0 Å². The number of aromatic nitrogens is 2. The first-order valence-corrected chi connectivity index (χ1v) is 20.5. The fourth-order valence-corrected chi connectivity index (χ4v) is 10.6. The van der Waals surface area contributed by atoms with Crippen molar-refractivity contribution in [3.8, 4) is 28.1 Å². The largest absolute Gasteiger partial charge is 0.484 e. The number of nitrogens with zero attached hydrogens (tertiary/aromatic N) is 4. The van der Waals surface area contributed by atoms with Crippen molar-refractivity contribution in [1.29, 1.82) is 0 Å². The molecule has 2 aliphatic carbocycles. The third-order valence-corrected chi connectivity index (χ3v) is 14.1. The van der Waals surface area contributed by atoms with Gasteiger partial charge in [-0.05, 0) is 83.9 Å². The number of fused-ring (bicyclic) bond motifs is 11. The Morgan fingerprint density at radius 3 is 2.54 bits per heavy atom. The summed E-state index contributed by atoms with van der Waals surface area (Å²) >= 11 is 0. The predicted molar refractivity (Wildman–Crippen MR) is 231 cm³/mol. The SMILES string of the molecule is CC1C=Cc2c(nc(-c3cccc(-c4ccc(C5(C)CC=Nc6c5ccc5cccnc65)c5c4N=CCC5C)c3)c3ccc4c(c23)OC2C=CCC(C)C42C)C1. The molecule has 3 aliphatic heterocycles. The average Bonchev–Trinajstić information content (AvgIpc) is 3.53. The maximum Gasteiger partial charge on any atom is 0.132 e. The zero-order chi connectivity index (χ0) is 37.9. The highest BCUT2D eigenvalue weighted by atomic mass is 16.5. The molecule has 0 radical (unpaired) electrons. The lowest BCUT2D eigenvalue weighted by Crippen LogP contribution is -2.41. The van der Waals surface area contributed by atoms with Crippen molar-refractivity contribution in [2.45, 2.75) is 83.2 Å². The number of benzene rings is 4. The van der Waals surface area contributed by atoms with E-state index in [1.54, 1.807) is 0 Å². The van der Waals surface area contributed by atoms with Gasteiger partial charge in [0, 0.05) is 73.6 Å². The van der Waals surface area contributed by atoms with Crippen LogP contribution in [0.5, 0.6) is 5.75 Å². The van der Waals surface area contributed by atoms with Gasteiger partial charge in [0.2, 0.25) is 0 Å². The van der Waals surface area contributed by atoms with E-state index in [-0.39, 0.29) is 16.9 Å². The van der Waals surface area contributed by atoms with Crippen molar-refractivity contribution in [1.82, 2.24) is 9.97 Å². The van der Waals surface area contributed by atoms with E-state index < -0.39 is 0 Å². The van der Waals surface area contributed by atoms with Gasteiger partial charge in [-0.2, -0.15) is 0 Å². The molecule has 0 bridgehead atoms. The summed E-state index contributed by atoms with van der Waals surface area (Å²) in [7, 11) is 0. The Morgan fingerprint density at radius 2 is 1.62 bits per heavy atom. The molecule has 56 heavy (non-hydrogen) atoms. The monoisotopic (exact) mass is 730 g/mol. The molecule has 5 heteroatoms. The van der Waals surface area contributed by atoms with E-state index in [1.165, 1.54) is 33.2 Å². The third-order valence-electron chi connectivity index (χ3n) is 14.1. The van der Waals surface area contributed by atoms with E-state index in [0.29, 0.717) is 17.8 Å². The van der Waals surface area contributed by atoms with Crippen LogP contribution in [0.1, 0.15) is 93.3 Å². The van der Waals surface area contributed by atoms with Crippen molar-refractivity contribution in [3.63, 3.8) is 0 Å². The van der Waals surface area contributed by atoms with E-state index in [0.717, 1.165) is 87.2 Å². The molecule has 6 aromatic rings. The lowest BCUT2D eigenvalue weighted by atomic mass is 9.66. The first-order chi connectivity index (χ1) is 27.2. The van der Waals surface area contributed by atoms with E-state index in [4.69, 9.17) is 24.7 Å². The van der Waals surface area contributed by atoms with Gasteiger partial charge in [-0.1, -0.05) is 114 Å². The molecule has 0 N–H and O–H groups in total. The van der Waals surface area contributed by atoms with E-state index in [9.17, 15) is 0 Å². The smallest absolute Gasteiger partial charge is 0.132 e. The Hall–Kier alpha value is -5.68. The molecule has 0 fully saturated rings. The minimum Gasteiger partial charge on any atom is -0.484 e. The Kier molecular flexibility index (Phi) is 7.30. The second-order valence-electron chi connectivity index (χ2n) is 17.4. The van der Waals surface area contributed by atoms with Gasteiger partial charge in [0.05, 0.1) is 22.6 Å². The van der Waals surface area contributed by atoms with Crippen LogP contribution in [0.25, 0.3) is 50.1 Å². The summed E-state index contributed by atoms with van der Waals surface area (Å²) < 4.78 is 6.98. The topological polar surface area (TPSA) is 59.7 Å². The number of rotatable bonds is 3. The molecule has 11 rings (SSSR count).